The largest absolute Gasteiger partial charge is 0.493 e. The number of benzene rings is 2. The van der Waals surface area contributed by atoms with E-state index in [1.807, 2.05) is 42.6 Å². The number of H-pyrrole nitrogens is 1. The highest BCUT2D eigenvalue weighted by molar-refractivity contribution is 5.86. The lowest BCUT2D eigenvalue weighted by molar-refractivity contribution is -0.121. The number of amides is 1. The van der Waals surface area contributed by atoms with Gasteiger partial charge < -0.3 is 19.8 Å². The Morgan fingerprint density at radius 2 is 1.82 bits per heavy atom. The molecule has 28 heavy (non-hydrogen) atoms. The Hall–Kier alpha value is -2.95. The van der Waals surface area contributed by atoms with Gasteiger partial charge in [-0.25, -0.2) is 0 Å². The van der Waals surface area contributed by atoms with Crippen molar-refractivity contribution in [1.82, 2.24) is 10.3 Å². The monoisotopic (exact) mass is 380 g/mol. The van der Waals surface area contributed by atoms with E-state index in [4.69, 9.17) is 9.47 Å². The normalized spacial score (nSPS) is 12.2. The molecule has 0 radical (unpaired) electrons. The van der Waals surface area contributed by atoms with E-state index in [0.717, 1.165) is 22.0 Å². The van der Waals surface area contributed by atoms with Gasteiger partial charge >= 0.3 is 0 Å². The molecule has 1 aromatic heterocycles. The molecule has 2 aromatic carbocycles. The molecule has 0 fully saturated rings. The van der Waals surface area contributed by atoms with Gasteiger partial charge in [0.2, 0.25) is 5.91 Å². The zero-order valence-electron chi connectivity index (χ0n) is 16.9. The zero-order valence-corrected chi connectivity index (χ0v) is 16.9. The molecule has 5 heteroatoms. The van der Waals surface area contributed by atoms with Crippen LogP contribution in [0.4, 0.5) is 0 Å². The summed E-state index contributed by atoms with van der Waals surface area (Å²) in [5.41, 5.74) is 3.06. The Morgan fingerprint density at radius 1 is 1.04 bits per heavy atom. The number of fused-ring (bicyclic) bond motifs is 1. The number of rotatable bonds is 8. The first-order valence-electron chi connectivity index (χ1n) is 9.58. The van der Waals surface area contributed by atoms with Crippen LogP contribution in [0.5, 0.6) is 11.5 Å². The van der Waals surface area contributed by atoms with E-state index in [9.17, 15) is 4.79 Å². The summed E-state index contributed by atoms with van der Waals surface area (Å²) in [6.07, 6.45) is 2.32. The van der Waals surface area contributed by atoms with Crippen molar-refractivity contribution in [1.29, 1.82) is 0 Å². The van der Waals surface area contributed by atoms with E-state index >= 15 is 0 Å². The minimum atomic E-state index is -0.159. The Labute approximate surface area is 166 Å². The van der Waals surface area contributed by atoms with Gasteiger partial charge in [-0.05, 0) is 23.6 Å². The third-order valence-electron chi connectivity index (χ3n) is 4.90. The smallest absolute Gasteiger partial charge is 0.220 e. The molecule has 0 aliphatic heterocycles. The van der Waals surface area contributed by atoms with Crippen LogP contribution in [-0.2, 0) is 4.79 Å². The molecule has 0 bridgehead atoms. The number of methoxy groups -OCH3 is 2. The number of carbonyl (C=O) groups is 1. The number of hydrogen-bond donors (Lipinski definition) is 2. The molecule has 0 saturated heterocycles. The van der Waals surface area contributed by atoms with Gasteiger partial charge in [-0.1, -0.05) is 44.2 Å². The summed E-state index contributed by atoms with van der Waals surface area (Å²) >= 11 is 0. The van der Waals surface area contributed by atoms with Crippen LogP contribution in [0.3, 0.4) is 0 Å². The second kappa shape index (κ2) is 8.83. The van der Waals surface area contributed by atoms with E-state index in [2.05, 4.69) is 30.2 Å². The van der Waals surface area contributed by atoms with E-state index in [0.29, 0.717) is 30.4 Å². The average molecular weight is 380 g/mol. The first-order chi connectivity index (χ1) is 13.5. The fourth-order valence-electron chi connectivity index (χ4n) is 3.53. The molecule has 2 N–H and O–H groups in total. The van der Waals surface area contributed by atoms with Gasteiger partial charge in [0, 0.05) is 41.5 Å². The molecule has 0 saturated carbocycles. The van der Waals surface area contributed by atoms with Crippen LogP contribution < -0.4 is 14.8 Å². The van der Waals surface area contributed by atoms with Gasteiger partial charge in [0.15, 0.2) is 11.5 Å². The molecule has 5 nitrogen and oxygen atoms in total. The van der Waals surface area contributed by atoms with Gasteiger partial charge in [-0.2, -0.15) is 0 Å². The van der Waals surface area contributed by atoms with E-state index in [1.54, 1.807) is 14.2 Å². The van der Waals surface area contributed by atoms with Crippen LogP contribution in [0.25, 0.3) is 10.9 Å². The quantitative estimate of drug-likeness (QED) is 0.606. The molecule has 0 spiro atoms. The Morgan fingerprint density at radius 3 is 2.54 bits per heavy atom. The fourth-order valence-corrected chi connectivity index (χ4v) is 3.53. The summed E-state index contributed by atoms with van der Waals surface area (Å²) in [6, 6.07) is 13.9. The summed E-state index contributed by atoms with van der Waals surface area (Å²) in [6.45, 7) is 4.83. The molecular formula is C23H28N2O3. The van der Waals surface area contributed by atoms with Crippen LogP contribution in [0.2, 0.25) is 0 Å². The number of nitrogens with one attached hydrogen (secondary N) is 2. The maximum absolute atomic E-state index is 12.7. The van der Waals surface area contributed by atoms with Crippen molar-refractivity contribution >= 4 is 16.8 Å². The number of aromatic nitrogens is 1. The van der Waals surface area contributed by atoms with Gasteiger partial charge in [0.25, 0.3) is 0 Å². The number of para-hydroxylation sites is 2. The van der Waals surface area contributed by atoms with Crippen LogP contribution >= 0.6 is 0 Å². The topological polar surface area (TPSA) is 63.3 Å². The van der Waals surface area contributed by atoms with E-state index < -0.39 is 0 Å². The summed E-state index contributed by atoms with van der Waals surface area (Å²) in [5.74, 6) is 1.59. The lowest BCUT2D eigenvalue weighted by Gasteiger charge is -2.21. The third kappa shape index (κ3) is 4.14. The summed E-state index contributed by atoms with van der Waals surface area (Å²) in [7, 11) is 3.25. The Bertz CT molecular complexity index is 946. The third-order valence-corrected chi connectivity index (χ3v) is 4.90. The van der Waals surface area contributed by atoms with Crippen molar-refractivity contribution in [3.05, 3.63) is 59.8 Å². The molecule has 0 unspecified atom stereocenters. The zero-order chi connectivity index (χ0) is 20.1. The summed E-state index contributed by atoms with van der Waals surface area (Å²) in [4.78, 5) is 16.0. The lowest BCUT2D eigenvalue weighted by Crippen LogP contribution is -2.28. The standard InChI is InChI=1S/C23H28N2O3/c1-15(2)13-25-22(26)12-18(17-9-7-11-21(27-3)23(17)28-4)19-14-24-20-10-6-5-8-16(19)20/h5-11,14-15,18,24H,12-13H2,1-4H3,(H,25,26)/t18-/m1/s1. The second-order valence-corrected chi connectivity index (χ2v) is 7.33. The summed E-state index contributed by atoms with van der Waals surface area (Å²) in [5, 5.41) is 4.14. The van der Waals surface area contributed by atoms with E-state index in [-0.39, 0.29) is 11.8 Å². The van der Waals surface area contributed by atoms with Crippen molar-refractivity contribution in [2.45, 2.75) is 26.2 Å². The van der Waals surface area contributed by atoms with Crippen molar-refractivity contribution < 1.29 is 14.3 Å². The number of ether oxygens (including phenoxy) is 2. The van der Waals surface area contributed by atoms with Crippen molar-refractivity contribution in [3.63, 3.8) is 0 Å². The van der Waals surface area contributed by atoms with E-state index in [1.165, 1.54) is 0 Å². The predicted molar refractivity (Wildman–Crippen MR) is 112 cm³/mol. The van der Waals surface area contributed by atoms with Crippen molar-refractivity contribution in [2.24, 2.45) is 5.92 Å². The first-order valence-corrected chi connectivity index (χ1v) is 9.58. The van der Waals surface area contributed by atoms with Crippen molar-refractivity contribution in [3.8, 4) is 11.5 Å². The predicted octanol–water partition coefficient (Wildman–Crippen LogP) is 4.48. The second-order valence-electron chi connectivity index (χ2n) is 7.33. The van der Waals surface area contributed by atoms with Crippen LogP contribution in [-0.4, -0.2) is 31.7 Å². The lowest BCUT2D eigenvalue weighted by atomic mass is 9.87. The van der Waals surface area contributed by atoms with Gasteiger partial charge in [-0.15, -0.1) is 0 Å². The minimum absolute atomic E-state index is 0.0221. The molecule has 148 valence electrons. The molecule has 3 aromatic rings. The van der Waals surface area contributed by atoms with Crippen LogP contribution in [0, 0.1) is 5.92 Å². The van der Waals surface area contributed by atoms with Crippen molar-refractivity contribution in [2.75, 3.05) is 20.8 Å². The molecule has 1 amide bonds. The fraction of sp³-hybridized carbons (Fsp3) is 0.348. The number of hydrogen-bond acceptors (Lipinski definition) is 3. The first kappa shape index (κ1) is 19.8. The molecule has 0 aliphatic rings. The molecule has 1 atom stereocenters. The maximum atomic E-state index is 12.7. The summed E-state index contributed by atoms with van der Waals surface area (Å²) < 4.78 is 11.2. The Balaban J connectivity index is 2.06. The van der Waals surface area contributed by atoms with Gasteiger partial charge in [-0.3, -0.25) is 4.79 Å². The number of carbonyl (C=O) groups excluding carboxylic acids is 1. The Kier molecular flexibility index (Phi) is 6.24. The van der Waals surface area contributed by atoms with Gasteiger partial charge in [0.1, 0.15) is 0 Å². The van der Waals surface area contributed by atoms with Crippen LogP contribution in [0.1, 0.15) is 37.3 Å². The highest BCUT2D eigenvalue weighted by Gasteiger charge is 2.26. The van der Waals surface area contributed by atoms with Crippen LogP contribution in [0.15, 0.2) is 48.7 Å². The highest BCUT2D eigenvalue weighted by atomic mass is 16.5. The molecule has 1 heterocycles. The minimum Gasteiger partial charge on any atom is -0.493 e. The highest BCUT2D eigenvalue weighted by Crippen LogP contribution is 2.41. The number of aromatic amines is 1. The molecule has 0 aliphatic carbocycles. The maximum Gasteiger partial charge on any atom is 0.220 e. The average Bonchev–Trinajstić information content (AvgIpc) is 3.13. The molecular weight excluding hydrogens is 352 g/mol. The molecule has 3 rings (SSSR count). The van der Waals surface area contributed by atoms with Gasteiger partial charge in [0.05, 0.1) is 14.2 Å². The SMILES string of the molecule is COc1cccc([C@@H](CC(=O)NCC(C)C)c2c[nH]c3ccccc23)c1OC.